The summed E-state index contributed by atoms with van der Waals surface area (Å²) in [5.41, 5.74) is 0.573. The van der Waals surface area contributed by atoms with Crippen molar-refractivity contribution >= 4 is 11.9 Å². The van der Waals surface area contributed by atoms with Gasteiger partial charge in [0.1, 0.15) is 5.82 Å². The van der Waals surface area contributed by atoms with Crippen LogP contribution in [0.3, 0.4) is 0 Å². The molecule has 0 saturated heterocycles. The van der Waals surface area contributed by atoms with Crippen molar-refractivity contribution in [1.29, 1.82) is 0 Å². The first kappa shape index (κ1) is 14.2. The Morgan fingerprint density at radius 3 is 2.59 bits per heavy atom. The molecular formula is C15H14FN3O3. The molecular weight excluding hydrogens is 289 g/mol. The Labute approximate surface area is 125 Å². The van der Waals surface area contributed by atoms with Crippen LogP contribution in [0.2, 0.25) is 0 Å². The van der Waals surface area contributed by atoms with Crippen molar-refractivity contribution < 1.29 is 19.1 Å². The molecule has 1 heterocycles. The van der Waals surface area contributed by atoms with E-state index < -0.39 is 17.3 Å². The molecule has 1 aromatic heterocycles. The summed E-state index contributed by atoms with van der Waals surface area (Å²) >= 11 is 0. The molecule has 3 N–H and O–H groups in total. The number of nitrogens with one attached hydrogen (secondary N) is 2. The zero-order chi connectivity index (χ0) is 15.7. The number of hydrogen-bond donors (Lipinski definition) is 3. The molecule has 2 aromatic rings. The highest BCUT2D eigenvalue weighted by molar-refractivity contribution is 6.00. The molecule has 1 fully saturated rings. The lowest BCUT2D eigenvalue weighted by molar-refractivity contribution is -0.143. The second-order valence-corrected chi connectivity index (χ2v) is 5.43. The van der Waals surface area contributed by atoms with Crippen LogP contribution >= 0.6 is 0 Å². The lowest BCUT2D eigenvalue weighted by atomic mass is 10.1. The largest absolute Gasteiger partial charge is 0.481 e. The van der Waals surface area contributed by atoms with E-state index in [4.69, 9.17) is 5.11 Å². The maximum atomic E-state index is 13.0. The summed E-state index contributed by atoms with van der Waals surface area (Å²) in [6.45, 7) is 0.0925. The zero-order valence-corrected chi connectivity index (χ0v) is 11.6. The summed E-state index contributed by atoms with van der Waals surface area (Å²) < 4.78 is 13.0. The molecule has 0 spiro atoms. The normalized spacial score (nSPS) is 15.3. The van der Waals surface area contributed by atoms with Crippen LogP contribution in [0.5, 0.6) is 0 Å². The smallest absolute Gasteiger partial charge is 0.311 e. The van der Waals surface area contributed by atoms with Crippen LogP contribution in [-0.4, -0.2) is 33.7 Å². The van der Waals surface area contributed by atoms with Gasteiger partial charge in [0.2, 0.25) is 0 Å². The average molecular weight is 303 g/mol. The number of nitrogens with zero attached hydrogens (tertiary/aromatic N) is 1. The highest BCUT2D eigenvalue weighted by Gasteiger charge is 2.50. The number of aromatic amines is 1. The van der Waals surface area contributed by atoms with E-state index in [-0.39, 0.29) is 12.4 Å². The van der Waals surface area contributed by atoms with E-state index in [0.717, 1.165) is 0 Å². The Bertz CT molecular complexity index is 720. The molecule has 7 heteroatoms. The van der Waals surface area contributed by atoms with Crippen molar-refractivity contribution in [3.63, 3.8) is 0 Å². The van der Waals surface area contributed by atoms with E-state index in [1.165, 1.54) is 18.3 Å². The first-order valence-corrected chi connectivity index (χ1v) is 6.83. The van der Waals surface area contributed by atoms with E-state index in [0.29, 0.717) is 29.7 Å². The Balaban J connectivity index is 1.75. The third kappa shape index (κ3) is 2.57. The standard InChI is InChI=1S/C15H14FN3O3/c16-10-3-1-9(2-4-10)12-11(7-18-19-12)13(20)17-8-15(5-6-15)14(21)22/h1-4,7H,5-6,8H2,(H,17,20)(H,18,19)(H,21,22). The third-order valence-electron chi connectivity index (χ3n) is 3.91. The van der Waals surface area contributed by atoms with Gasteiger partial charge in [-0.15, -0.1) is 0 Å². The molecule has 1 amide bonds. The fourth-order valence-corrected chi connectivity index (χ4v) is 2.26. The lowest BCUT2D eigenvalue weighted by Crippen LogP contribution is -2.34. The summed E-state index contributed by atoms with van der Waals surface area (Å²) in [5.74, 6) is -1.66. The Kier molecular flexibility index (Phi) is 3.40. The van der Waals surface area contributed by atoms with Gasteiger partial charge in [0.15, 0.2) is 0 Å². The number of carboxylic acid groups (broad SMARTS) is 1. The Morgan fingerprint density at radius 2 is 2.00 bits per heavy atom. The number of carboxylic acids is 1. The number of aromatic nitrogens is 2. The number of carbonyl (C=O) groups is 2. The van der Waals surface area contributed by atoms with Crippen molar-refractivity contribution in [3.05, 3.63) is 41.8 Å². The molecule has 0 bridgehead atoms. The maximum absolute atomic E-state index is 13.0. The summed E-state index contributed by atoms with van der Waals surface area (Å²) in [6.07, 6.45) is 2.51. The second kappa shape index (κ2) is 5.25. The van der Waals surface area contributed by atoms with Gasteiger partial charge in [0.25, 0.3) is 5.91 Å². The molecule has 0 atom stereocenters. The molecule has 114 valence electrons. The topological polar surface area (TPSA) is 95.1 Å². The van der Waals surface area contributed by atoms with Gasteiger partial charge in [-0.05, 0) is 37.1 Å². The van der Waals surface area contributed by atoms with Crippen LogP contribution in [0.1, 0.15) is 23.2 Å². The van der Waals surface area contributed by atoms with E-state index in [2.05, 4.69) is 15.5 Å². The van der Waals surface area contributed by atoms with E-state index in [1.54, 1.807) is 12.1 Å². The minimum Gasteiger partial charge on any atom is -0.481 e. The minimum absolute atomic E-state index is 0.0925. The summed E-state index contributed by atoms with van der Waals surface area (Å²) in [6, 6.07) is 5.67. The maximum Gasteiger partial charge on any atom is 0.311 e. The predicted molar refractivity (Wildman–Crippen MR) is 75.6 cm³/mol. The van der Waals surface area contributed by atoms with Crippen LogP contribution in [0.4, 0.5) is 4.39 Å². The van der Waals surface area contributed by atoms with Crippen molar-refractivity contribution in [2.75, 3.05) is 6.54 Å². The van der Waals surface area contributed by atoms with E-state index in [1.807, 2.05) is 0 Å². The number of halogens is 1. The van der Waals surface area contributed by atoms with Crippen LogP contribution in [0.15, 0.2) is 30.5 Å². The zero-order valence-electron chi connectivity index (χ0n) is 11.6. The van der Waals surface area contributed by atoms with Gasteiger partial charge >= 0.3 is 5.97 Å². The van der Waals surface area contributed by atoms with Crippen molar-refractivity contribution in [2.45, 2.75) is 12.8 Å². The number of H-pyrrole nitrogens is 1. The SMILES string of the molecule is O=C(NCC1(C(=O)O)CC1)c1cn[nH]c1-c1ccc(F)cc1. The van der Waals surface area contributed by atoms with Crippen molar-refractivity contribution in [1.82, 2.24) is 15.5 Å². The minimum atomic E-state index is -0.890. The van der Waals surface area contributed by atoms with Crippen molar-refractivity contribution in [2.24, 2.45) is 5.41 Å². The number of amides is 1. The highest BCUT2D eigenvalue weighted by atomic mass is 19.1. The second-order valence-electron chi connectivity index (χ2n) is 5.43. The average Bonchev–Trinajstić information content (AvgIpc) is 3.15. The first-order valence-electron chi connectivity index (χ1n) is 6.83. The van der Waals surface area contributed by atoms with Crippen LogP contribution in [-0.2, 0) is 4.79 Å². The number of hydrogen-bond acceptors (Lipinski definition) is 3. The third-order valence-corrected chi connectivity index (χ3v) is 3.91. The molecule has 0 aliphatic heterocycles. The molecule has 6 nitrogen and oxygen atoms in total. The number of rotatable bonds is 5. The summed E-state index contributed by atoms with van der Waals surface area (Å²) in [7, 11) is 0. The highest BCUT2D eigenvalue weighted by Crippen LogP contribution is 2.45. The molecule has 1 saturated carbocycles. The van der Waals surface area contributed by atoms with Gasteiger partial charge in [-0.25, -0.2) is 4.39 Å². The van der Waals surface area contributed by atoms with Gasteiger partial charge in [-0.1, -0.05) is 0 Å². The molecule has 0 radical (unpaired) electrons. The fourth-order valence-electron chi connectivity index (χ4n) is 2.26. The quantitative estimate of drug-likeness (QED) is 0.785. The lowest BCUT2D eigenvalue weighted by Gasteiger charge is -2.11. The van der Waals surface area contributed by atoms with Gasteiger partial charge in [-0.3, -0.25) is 14.7 Å². The number of benzene rings is 1. The molecule has 3 rings (SSSR count). The van der Waals surface area contributed by atoms with Crippen LogP contribution in [0, 0.1) is 11.2 Å². The van der Waals surface area contributed by atoms with E-state index in [9.17, 15) is 14.0 Å². The van der Waals surface area contributed by atoms with E-state index >= 15 is 0 Å². The molecule has 1 aliphatic carbocycles. The number of aliphatic carboxylic acids is 1. The molecule has 1 aliphatic rings. The molecule has 1 aromatic carbocycles. The Hall–Kier alpha value is -2.70. The van der Waals surface area contributed by atoms with Gasteiger partial charge in [0.05, 0.1) is 22.9 Å². The van der Waals surface area contributed by atoms with Crippen LogP contribution < -0.4 is 5.32 Å². The fraction of sp³-hybridized carbons (Fsp3) is 0.267. The summed E-state index contributed by atoms with van der Waals surface area (Å²) in [5, 5.41) is 18.3. The van der Waals surface area contributed by atoms with Gasteiger partial charge in [0, 0.05) is 12.1 Å². The van der Waals surface area contributed by atoms with Gasteiger partial charge < -0.3 is 10.4 Å². The number of carbonyl (C=O) groups excluding carboxylic acids is 1. The Morgan fingerprint density at radius 1 is 1.32 bits per heavy atom. The molecule has 22 heavy (non-hydrogen) atoms. The van der Waals surface area contributed by atoms with Crippen LogP contribution in [0.25, 0.3) is 11.3 Å². The molecule has 0 unspecified atom stereocenters. The first-order chi connectivity index (χ1) is 10.5. The predicted octanol–water partition coefficient (Wildman–Crippen LogP) is 1.81. The monoisotopic (exact) mass is 303 g/mol. The summed E-state index contributed by atoms with van der Waals surface area (Å²) in [4.78, 5) is 23.3. The van der Waals surface area contributed by atoms with Gasteiger partial charge in [-0.2, -0.15) is 5.10 Å². The van der Waals surface area contributed by atoms with Crippen molar-refractivity contribution in [3.8, 4) is 11.3 Å².